The molecule has 2 aromatic rings. The summed E-state index contributed by atoms with van der Waals surface area (Å²) in [7, 11) is 0. The molecule has 2 aromatic carbocycles. The van der Waals surface area contributed by atoms with Crippen molar-refractivity contribution < 1.29 is 18.3 Å². The third-order valence-corrected chi connectivity index (χ3v) is 5.10. The molecular weight excluding hydrogens is 348 g/mol. The normalized spacial score (nSPS) is 19.4. The molecule has 0 aliphatic carbocycles. The average Bonchev–Trinajstić information content (AvgIpc) is 2.67. The number of carbonyl (C=O) groups is 1. The van der Waals surface area contributed by atoms with Gasteiger partial charge in [-0.15, -0.1) is 0 Å². The van der Waals surface area contributed by atoms with Gasteiger partial charge in [-0.1, -0.05) is 38.1 Å². The molecule has 1 saturated heterocycles. The van der Waals surface area contributed by atoms with E-state index in [1.54, 1.807) is 24.3 Å². The van der Waals surface area contributed by atoms with E-state index < -0.39 is 6.10 Å². The lowest BCUT2D eigenvalue weighted by molar-refractivity contribution is -0.135. The second-order valence-corrected chi connectivity index (χ2v) is 7.09. The minimum absolute atomic E-state index is 0.00788. The zero-order valence-corrected chi connectivity index (χ0v) is 15.7. The molecule has 0 amide bonds. The van der Waals surface area contributed by atoms with Crippen molar-refractivity contribution in [3.8, 4) is 0 Å². The number of carbonyl (C=O) groups excluding carboxylic acids is 1. The van der Waals surface area contributed by atoms with Crippen LogP contribution in [0.1, 0.15) is 43.9 Å². The van der Waals surface area contributed by atoms with Crippen LogP contribution in [0, 0.1) is 17.6 Å². The molecule has 144 valence electrons. The van der Waals surface area contributed by atoms with Gasteiger partial charge in [0, 0.05) is 25.4 Å². The van der Waals surface area contributed by atoms with Crippen molar-refractivity contribution in [2.24, 2.45) is 5.92 Å². The predicted molar refractivity (Wildman–Crippen MR) is 100 cm³/mol. The van der Waals surface area contributed by atoms with Crippen molar-refractivity contribution in [1.82, 2.24) is 4.90 Å². The quantitative estimate of drug-likeness (QED) is 0.734. The van der Waals surface area contributed by atoms with Gasteiger partial charge in [0.15, 0.2) is 0 Å². The number of benzene rings is 2. The van der Waals surface area contributed by atoms with Crippen molar-refractivity contribution in [1.29, 1.82) is 0 Å². The SMILES string of the molecule is CCC(OC(c1ccc(F)cc1)c1ccc(F)cc1)N1CCC(=O)C(C)C1. The monoisotopic (exact) mass is 373 g/mol. The van der Waals surface area contributed by atoms with Crippen LogP contribution in [0.2, 0.25) is 0 Å². The van der Waals surface area contributed by atoms with Crippen molar-refractivity contribution in [2.45, 2.75) is 39.0 Å². The summed E-state index contributed by atoms with van der Waals surface area (Å²) in [5, 5.41) is 0. The Bertz CT molecular complexity index is 715. The summed E-state index contributed by atoms with van der Waals surface area (Å²) in [6.45, 7) is 5.31. The van der Waals surface area contributed by atoms with E-state index in [2.05, 4.69) is 4.90 Å². The molecule has 27 heavy (non-hydrogen) atoms. The Hall–Kier alpha value is -2.11. The van der Waals surface area contributed by atoms with Crippen molar-refractivity contribution in [3.63, 3.8) is 0 Å². The first kappa shape index (κ1) is 19.6. The lowest BCUT2D eigenvalue weighted by atomic mass is 9.98. The Morgan fingerprint density at radius 1 is 1.04 bits per heavy atom. The number of hydrogen-bond donors (Lipinski definition) is 0. The van der Waals surface area contributed by atoms with Gasteiger partial charge in [0.1, 0.15) is 29.7 Å². The summed E-state index contributed by atoms with van der Waals surface area (Å²) in [6.07, 6.45) is 0.656. The molecule has 0 radical (unpaired) electrons. The molecule has 1 fully saturated rings. The van der Waals surface area contributed by atoms with E-state index in [1.165, 1.54) is 24.3 Å². The number of nitrogens with zero attached hydrogens (tertiary/aromatic N) is 1. The van der Waals surface area contributed by atoms with Crippen LogP contribution < -0.4 is 0 Å². The molecule has 1 aliphatic rings. The van der Waals surface area contributed by atoms with E-state index in [-0.39, 0.29) is 29.6 Å². The van der Waals surface area contributed by atoms with Gasteiger partial charge in [-0.25, -0.2) is 8.78 Å². The predicted octanol–water partition coefficient (Wildman–Crippen LogP) is 4.72. The lowest BCUT2D eigenvalue weighted by Crippen LogP contribution is -2.46. The third kappa shape index (κ3) is 4.79. The van der Waals surface area contributed by atoms with Crippen LogP contribution in [0.3, 0.4) is 0 Å². The maximum atomic E-state index is 13.4. The van der Waals surface area contributed by atoms with E-state index in [0.717, 1.165) is 17.5 Å². The Balaban J connectivity index is 1.86. The highest BCUT2D eigenvalue weighted by molar-refractivity contribution is 5.81. The third-order valence-electron chi connectivity index (χ3n) is 5.10. The largest absolute Gasteiger partial charge is 0.351 e. The van der Waals surface area contributed by atoms with Crippen LogP contribution in [0.4, 0.5) is 8.78 Å². The molecule has 3 nitrogen and oxygen atoms in total. The molecule has 3 rings (SSSR count). The van der Waals surface area contributed by atoms with E-state index in [4.69, 9.17) is 4.74 Å². The first-order chi connectivity index (χ1) is 13.0. The number of halogens is 2. The maximum absolute atomic E-state index is 13.4. The Morgan fingerprint density at radius 2 is 1.56 bits per heavy atom. The summed E-state index contributed by atoms with van der Waals surface area (Å²) in [5.41, 5.74) is 1.62. The van der Waals surface area contributed by atoms with E-state index >= 15 is 0 Å². The van der Waals surface area contributed by atoms with E-state index in [9.17, 15) is 13.6 Å². The van der Waals surface area contributed by atoms with Crippen LogP contribution in [0.25, 0.3) is 0 Å². The summed E-state index contributed by atoms with van der Waals surface area (Å²) >= 11 is 0. The second kappa shape index (κ2) is 8.72. The first-order valence-corrected chi connectivity index (χ1v) is 9.41. The smallest absolute Gasteiger partial charge is 0.138 e. The first-order valence-electron chi connectivity index (χ1n) is 9.41. The zero-order chi connectivity index (χ0) is 19.4. The van der Waals surface area contributed by atoms with Gasteiger partial charge in [-0.3, -0.25) is 9.69 Å². The van der Waals surface area contributed by atoms with Gasteiger partial charge in [0.05, 0.1) is 0 Å². The highest BCUT2D eigenvalue weighted by Gasteiger charge is 2.30. The van der Waals surface area contributed by atoms with E-state index in [1.807, 2.05) is 13.8 Å². The minimum Gasteiger partial charge on any atom is -0.351 e. The molecule has 0 aromatic heterocycles. The van der Waals surface area contributed by atoms with Crippen molar-refractivity contribution in [3.05, 3.63) is 71.3 Å². The van der Waals surface area contributed by atoms with Crippen LogP contribution in [0.5, 0.6) is 0 Å². The Morgan fingerprint density at radius 3 is 2.00 bits per heavy atom. The Kier molecular flexibility index (Phi) is 6.34. The standard InChI is InChI=1S/C22H25F2NO2/c1-3-21(25-13-12-20(26)15(2)14-25)27-22(16-4-8-18(23)9-5-16)17-6-10-19(24)11-7-17/h4-11,15,21-22H,3,12-14H2,1-2H3. The van der Waals surface area contributed by atoms with Crippen molar-refractivity contribution in [2.75, 3.05) is 13.1 Å². The molecule has 0 saturated carbocycles. The number of likely N-dealkylation sites (tertiary alicyclic amines) is 1. The Labute approximate surface area is 158 Å². The molecule has 2 unspecified atom stereocenters. The van der Waals surface area contributed by atoms with Gasteiger partial charge >= 0.3 is 0 Å². The molecule has 0 N–H and O–H groups in total. The number of piperidine rings is 1. The van der Waals surface area contributed by atoms with Gasteiger partial charge in [-0.2, -0.15) is 0 Å². The van der Waals surface area contributed by atoms with Crippen LogP contribution in [-0.4, -0.2) is 30.0 Å². The molecule has 1 aliphatic heterocycles. The van der Waals surface area contributed by atoms with Gasteiger partial charge < -0.3 is 4.74 Å². The number of Topliss-reactive ketones (excluding diaryl/α,β-unsaturated/α-hetero) is 1. The fourth-order valence-corrected chi connectivity index (χ4v) is 3.53. The molecule has 0 bridgehead atoms. The highest BCUT2D eigenvalue weighted by Crippen LogP contribution is 2.30. The van der Waals surface area contributed by atoms with Gasteiger partial charge in [-0.05, 0) is 41.8 Å². The fraction of sp³-hybridized carbons (Fsp3) is 0.409. The summed E-state index contributed by atoms with van der Waals surface area (Å²) < 4.78 is 33.2. The van der Waals surface area contributed by atoms with Gasteiger partial charge in [0.2, 0.25) is 0 Å². The summed E-state index contributed by atoms with van der Waals surface area (Å²) in [4.78, 5) is 14.0. The van der Waals surface area contributed by atoms with Crippen LogP contribution in [-0.2, 0) is 9.53 Å². The molecule has 5 heteroatoms. The average molecular weight is 373 g/mol. The van der Waals surface area contributed by atoms with E-state index in [0.29, 0.717) is 19.5 Å². The van der Waals surface area contributed by atoms with Crippen LogP contribution in [0.15, 0.2) is 48.5 Å². The van der Waals surface area contributed by atoms with Gasteiger partial charge in [0.25, 0.3) is 0 Å². The molecule has 2 atom stereocenters. The number of ether oxygens (including phenoxy) is 1. The topological polar surface area (TPSA) is 29.5 Å². The molecular formula is C22H25F2NO2. The fourth-order valence-electron chi connectivity index (χ4n) is 3.53. The number of rotatable bonds is 6. The summed E-state index contributed by atoms with van der Waals surface area (Å²) in [6, 6.07) is 12.4. The van der Waals surface area contributed by atoms with Crippen LogP contribution >= 0.6 is 0 Å². The molecule has 0 spiro atoms. The summed E-state index contributed by atoms with van der Waals surface area (Å²) in [5.74, 6) is -0.347. The highest BCUT2D eigenvalue weighted by atomic mass is 19.1. The minimum atomic E-state index is -0.441. The lowest BCUT2D eigenvalue weighted by Gasteiger charge is -2.38. The second-order valence-electron chi connectivity index (χ2n) is 7.09. The molecule has 1 heterocycles. The maximum Gasteiger partial charge on any atom is 0.138 e. The van der Waals surface area contributed by atoms with Crippen molar-refractivity contribution >= 4 is 5.78 Å². The number of hydrogen-bond acceptors (Lipinski definition) is 3. The number of ketones is 1. The zero-order valence-electron chi connectivity index (χ0n) is 15.7.